The van der Waals surface area contributed by atoms with Crippen LogP contribution in [-0.4, -0.2) is 101 Å². The van der Waals surface area contributed by atoms with Crippen LogP contribution in [0.15, 0.2) is 28.8 Å². The average molecular weight is 535 g/mol. The number of allylic oxidation sites excluding steroid dienone is 1. The zero-order chi connectivity index (χ0) is 27.2. The van der Waals surface area contributed by atoms with Gasteiger partial charge in [-0.05, 0) is 0 Å². The van der Waals surface area contributed by atoms with Crippen LogP contribution in [0.2, 0.25) is 0 Å². The Morgan fingerprint density at radius 1 is 1.13 bits per heavy atom. The van der Waals surface area contributed by atoms with E-state index < -0.39 is 29.9 Å². The van der Waals surface area contributed by atoms with Crippen molar-refractivity contribution >= 4 is 41.6 Å². The third-order valence-corrected chi connectivity index (χ3v) is 6.35. The van der Waals surface area contributed by atoms with Crippen LogP contribution in [0.5, 0.6) is 0 Å². The first kappa shape index (κ1) is 26.8. The number of methoxy groups -OCH3 is 1. The van der Waals surface area contributed by atoms with Gasteiger partial charge in [0.05, 0.1) is 39.0 Å². The summed E-state index contributed by atoms with van der Waals surface area (Å²) < 4.78 is 39.7. The predicted octanol–water partition coefficient (Wildman–Crippen LogP) is 0.812. The van der Waals surface area contributed by atoms with Crippen molar-refractivity contribution in [2.45, 2.75) is 12.5 Å². The lowest BCUT2D eigenvalue weighted by Crippen LogP contribution is -2.51. The van der Waals surface area contributed by atoms with Gasteiger partial charge < -0.3 is 29.9 Å². The number of nitrogens with zero attached hydrogens (tertiary/aromatic N) is 4. The Morgan fingerprint density at radius 2 is 1.84 bits per heavy atom. The molecule has 0 saturated carbocycles. The molecule has 0 bridgehead atoms. The number of ether oxygens (including phenoxy) is 2. The van der Waals surface area contributed by atoms with Gasteiger partial charge in [-0.1, -0.05) is 6.08 Å². The summed E-state index contributed by atoms with van der Waals surface area (Å²) in [6.45, 7) is 0.866. The molecule has 4 amide bonds. The molecule has 38 heavy (non-hydrogen) atoms. The SMILES string of the molecule is COC(=O)NCC1CN(c2cc(F)c(N3CCN(C(=O)CNC(=O)C4=CCC=NC4)CC3)c(F)c2)C(=O)O1. The second-order valence-corrected chi connectivity index (χ2v) is 8.79. The molecule has 2 saturated heterocycles. The van der Waals surface area contributed by atoms with E-state index in [1.165, 1.54) is 16.9 Å². The molecule has 0 aromatic heterocycles. The summed E-state index contributed by atoms with van der Waals surface area (Å²) in [7, 11) is 1.19. The molecule has 3 aliphatic heterocycles. The second-order valence-electron chi connectivity index (χ2n) is 8.79. The molecule has 14 heteroatoms. The van der Waals surface area contributed by atoms with Crippen molar-refractivity contribution in [2.24, 2.45) is 4.99 Å². The van der Waals surface area contributed by atoms with Gasteiger partial charge in [-0.25, -0.2) is 18.4 Å². The van der Waals surface area contributed by atoms with E-state index in [9.17, 15) is 19.2 Å². The Balaban J connectivity index is 1.31. The normalized spacial score (nSPS) is 19.1. The number of alkyl carbamates (subject to hydrolysis) is 1. The lowest BCUT2D eigenvalue weighted by Gasteiger charge is -2.36. The zero-order valence-corrected chi connectivity index (χ0v) is 20.7. The van der Waals surface area contributed by atoms with Crippen LogP contribution in [0.25, 0.3) is 0 Å². The molecule has 4 rings (SSSR count). The summed E-state index contributed by atoms with van der Waals surface area (Å²) in [5, 5.41) is 5.00. The van der Waals surface area contributed by atoms with Gasteiger partial charge >= 0.3 is 12.2 Å². The van der Waals surface area contributed by atoms with Crippen molar-refractivity contribution in [3.05, 3.63) is 35.4 Å². The van der Waals surface area contributed by atoms with E-state index in [1.54, 1.807) is 12.3 Å². The first-order valence-corrected chi connectivity index (χ1v) is 12.0. The van der Waals surface area contributed by atoms with Crippen LogP contribution in [0.4, 0.5) is 29.7 Å². The highest BCUT2D eigenvalue weighted by Gasteiger charge is 2.34. The third kappa shape index (κ3) is 6.18. The van der Waals surface area contributed by atoms with Crippen molar-refractivity contribution in [3.8, 4) is 0 Å². The van der Waals surface area contributed by atoms with Crippen LogP contribution in [0.3, 0.4) is 0 Å². The Morgan fingerprint density at radius 3 is 2.47 bits per heavy atom. The molecule has 12 nitrogen and oxygen atoms in total. The maximum Gasteiger partial charge on any atom is 0.414 e. The summed E-state index contributed by atoms with van der Waals surface area (Å²) >= 11 is 0. The summed E-state index contributed by atoms with van der Waals surface area (Å²) in [6.07, 6.45) is 1.84. The van der Waals surface area contributed by atoms with E-state index in [4.69, 9.17) is 4.74 Å². The first-order valence-electron chi connectivity index (χ1n) is 12.0. The zero-order valence-electron chi connectivity index (χ0n) is 20.7. The summed E-state index contributed by atoms with van der Waals surface area (Å²) in [5.74, 6) is -2.36. The van der Waals surface area contributed by atoms with Crippen LogP contribution >= 0.6 is 0 Å². The number of amides is 4. The lowest BCUT2D eigenvalue weighted by molar-refractivity contribution is -0.132. The maximum atomic E-state index is 15.0. The number of hydrogen-bond acceptors (Lipinski definition) is 8. The molecule has 1 unspecified atom stereocenters. The Labute approximate surface area is 217 Å². The number of carbonyl (C=O) groups excluding carboxylic acids is 4. The van der Waals surface area contributed by atoms with E-state index in [-0.39, 0.29) is 75.5 Å². The average Bonchev–Trinajstić information content (AvgIpc) is 3.30. The summed E-state index contributed by atoms with van der Waals surface area (Å²) in [6, 6.07) is 2.10. The minimum Gasteiger partial charge on any atom is -0.453 e. The van der Waals surface area contributed by atoms with Gasteiger partial charge in [0.1, 0.15) is 11.8 Å². The number of hydrogen-bond donors (Lipinski definition) is 2. The molecule has 2 fully saturated rings. The number of dihydropyridines is 1. The molecule has 3 heterocycles. The fraction of sp³-hybridized carbons (Fsp3) is 0.458. The number of aliphatic imine (C=N–C) groups is 1. The second kappa shape index (κ2) is 11.9. The predicted molar refractivity (Wildman–Crippen MR) is 132 cm³/mol. The van der Waals surface area contributed by atoms with E-state index in [2.05, 4.69) is 20.4 Å². The highest BCUT2D eigenvalue weighted by atomic mass is 19.1. The molecular formula is C24H28F2N6O6. The Kier molecular flexibility index (Phi) is 8.38. The summed E-state index contributed by atoms with van der Waals surface area (Å²) in [5.41, 5.74) is 0.239. The van der Waals surface area contributed by atoms with Crippen molar-refractivity contribution < 1.29 is 37.4 Å². The fourth-order valence-electron chi connectivity index (χ4n) is 4.34. The third-order valence-electron chi connectivity index (χ3n) is 6.35. The number of piperazine rings is 1. The Bertz CT molecular complexity index is 1140. The minimum atomic E-state index is -0.862. The van der Waals surface area contributed by atoms with E-state index in [0.29, 0.717) is 12.0 Å². The number of nitrogens with one attached hydrogen (secondary N) is 2. The molecule has 0 aliphatic carbocycles. The topological polar surface area (TPSA) is 133 Å². The minimum absolute atomic E-state index is 0.0110. The molecule has 1 atom stereocenters. The van der Waals surface area contributed by atoms with Gasteiger partial charge in [-0.15, -0.1) is 0 Å². The number of cyclic esters (lactones) is 1. The molecule has 2 N–H and O–H groups in total. The Hall–Kier alpha value is -4.23. The van der Waals surface area contributed by atoms with Crippen molar-refractivity contribution in [1.29, 1.82) is 0 Å². The first-order chi connectivity index (χ1) is 18.3. The van der Waals surface area contributed by atoms with Crippen LogP contribution < -0.4 is 20.4 Å². The number of halogens is 2. The smallest absolute Gasteiger partial charge is 0.414 e. The molecule has 204 valence electrons. The number of anilines is 2. The van der Waals surface area contributed by atoms with Gasteiger partial charge in [0.15, 0.2) is 11.6 Å². The quantitative estimate of drug-likeness (QED) is 0.529. The van der Waals surface area contributed by atoms with Gasteiger partial charge in [-0.2, -0.15) is 0 Å². The standard InChI is InChI=1S/C24H28F2N6O6/c1-37-23(35)29-12-17-14-32(24(36)38-17)16-9-18(25)21(19(26)10-16)31-7-5-30(6-8-31)20(33)13-28-22(34)15-3-2-4-27-11-15/h3-4,9-10,17H,2,5-8,11-14H2,1H3,(H,28,34)(H,29,35). The molecular weight excluding hydrogens is 506 g/mol. The molecule has 3 aliphatic rings. The lowest BCUT2D eigenvalue weighted by atomic mass is 10.1. The van der Waals surface area contributed by atoms with Gasteiger partial charge in [0.2, 0.25) is 11.8 Å². The number of rotatable bonds is 7. The highest BCUT2D eigenvalue weighted by Crippen LogP contribution is 2.31. The molecule has 0 radical (unpaired) electrons. The number of carbonyl (C=O) groups is 4. The van der Waals surface area contributed by atoms with E-state index >= 15 is 8.78 Å². The molecule has 1 aromatic rings. The van der Waals surface area contributed by atoms with Crippen molar-refractivity contribution in [2.75, 3.05) is 69.3 Å². The van der Waals surface area contributed by atoms with Crippen molar-refractivity contribution in [3.63, 3.8) is 0 Å². The van der Waals surface area contributed by atoms with Crippen molar-refractivity contribution in [1.82, 2.24) is 15.5 Å². The van der Waals surface area contributed by atoms with E-state index in [0.717, 1.165) is 17.0 Å². The van der Waals surface area contributed by atoms with Gasteiger partial charge in [0, 0.05) is 56.5 Å². The highest BCUT2D eigenvalue weighted by molar-refractivity contribution is 5.97. The maximum absolute atomic E-state index is 15.0. The van der Waals surface area contributed by atoms with E-state index in [1.807, 2.05) is 0 Å². The molecule has 0 spiro atoms. The van der Waals surface area contributed by atoms with Crippen LogP contribution in [0.1, 0.15) is 6.42 Å². The van der Waals surface area contributed by atoms with Crippen LogP contribution in [-0.2, 0) is 19.1 Å². The van der Waals surface area contributed by atoms with Gasteiger partial charge in [-0.3, -0.25) is 19.5 Å². The van der Waals surface area contributed by atoms with Gasteiger partial charge in [0.25, 0.3) is 0 Å². The monoisotopic (exact) mass is 534 g/mol. The fourth-order valence-corrected chi connectivity index (χ4v) is 4.34. The number of benzene rings is 1. The summed E-state index contributed by atoms with van der Waals surface area (Å²) in [4.78, 5) is 56.3. The largest absolute Gasteiger partial charge is 0.453 e. The molecule has 1 aromatic carbocycles. The van der Waals surface area contributed by atoms with Crippen LogP contribution in [0, 0.1) is 11.6 Å².